The van der Waals surface area contributed by atoms with Crippen LogP contribution in [0.1, 0.15) is 15.9 Å². The van der Waals surface area contributed by atoms with Crippen LogP contribution in [0.25, 0.3) is 10.9 Å². The van der Waals surface area contributed by atoms with Crippen molar-refractivity contribution in [3.8, 4) is 0 Å². The minimum absolute atomic E-state index is 0.213. The summed E-state index contributed by atoms with van der Waals surface area (Å²) >= 11 is 14.1. The standard InChI is InChI=1S/C15H7Cl2FINO/c16-7-3-11(17)14-10(6-20-13(14)4-7)15(21)9-2-1-8(18)5-12(9)19/h1-6,20H. The predicted octanol–water partition coefficient (Wildman–Crippen LogP) is 5.45. The monoisotopic (exact) mass is 433 g/mol. The van der Waals surface area contributed by atoms with Gasteiger partial charge in [0.15, 0.2) is 5.78 Å². The summed E-state index contributed by atoms with van der Waals surface area (Å²) in [5.41, 5.74) is 1.56. The molecule has 3 rings (SSSR count). The van der Waals surface area contributed by atoms with E-state index in [0.29, 0.717) is 35.6 Å². The molecule has 0 aliphatic carbocycles. The fraction of sp³-hybridized carbons (Fsp3) is 0. The number of carbonyl (C=O) groups excluding carboxylic acids is 1. The summed E-state index contributed by atoms with van der Waals surface area (Å²) in [6, 6.07) is 7.35. The van der Waals surface area contributed by atoms with E-state index in [1.807, 2.05) is 22.6 Å². The number of fused-ring (bicyclic) bond motifs is 1. The molecule has 0 amide bonds. The Balaban J connectivity index is 2.18. The van der Waals surface area contributed by atoms with Gasteiger partial charge in [0.1, 0.15) is 5.82 Å². The highest BCUT2D eigenvalue weighted by molar-refractivity contribution is 14.1. The molecule has 3 aromatic rings. The molecule has 0 spiro atoms. The molecule has 21 heavy (non-hydrogen) atoms. The summed E-state index contributed by atoms with van der Waals surface area (Å²) in [5.74, 6) is -0.588. The molecule has 0 bridgehead atoms. The molecule has 0 aliphatic heterocycles. The third-order valence-electron chi connectivity index (χ3n) is 3.12. The lowest BCUT2D eigenvalue weighted by molar-refractivity contribution is 0.103. The van der Waals surface area contributed by atoms with E-state index >= 15 is 0 Å². The summed E-state index contributed by atoms with van der Waals surface area (Å²) in [6.07, 6.45) is 1.59. The second-order valence-electron chi connectivity index (χ2n) is 4.47. The van der Waals surface area contributed by atoms with Crippen LogP contribution in [0.15, 0.2) is 36.5 Å². The molecule has 6 heteroatoms. The second kappa shape index (κ2) is 5.59. The Hall–Kier alpha value is -1.11. The summed E-state index contributed by atoms with van der Waals surface area (Å²) < 4.78 is 13.7. The van der Waals surface area contributed by atoms with Gasteiger partial charge in [-0.3, -0.25) is 4.79 Å². The number of benzene rings is 2. The van der Waals surface area contributed by atoms with Crippen molar-refractivity contribution in [3.63, 3.8) is 0 Å². The van der Waals surface area contributed by atoms with Gasteiger partial charge in [-0.1, -0.05) is 23.2 Å². The topological polar surface area (TPSA) is 32.9 Å². The van der Waals surface area contributed by atoms with Gasteiger partial charge in [-0.25, -0.2) is 4.39 Å². The van der Waals surface area contributed by atoms with Crippen LogP contribution in [0, 0.1) is 9.39 Å². The van der Waals surface area contributed by atoms with Crippen molar-refractivity contribution in [2.24, 2.45) is 0 Å². The van der Waals surface area contributed by atoms with Crippen LogP contribution in [0.4, 0.5) is 4.39 Å². The van der Waals surface area contributed by atoms with E-state index in [9.17, 15) is 9.18 Å². The molecule has 1 N–H and O–H groups in total. The second-order valence-corrected chi connectivity index (χ2v) is 6.47. The number of hydrogen-bond donors (Lipinski definition) is 1. The molecule has 2 aromatic carbocycles. The van der Waals surface area contributed by atoms with Gasteiger partial charge in [0.05, 0.1) is 5.02 Å². The first kappa shape index (κ1) is 14.8. The summed E-state index contributed by atoms with van der Waals surface area (Å²) in [5, 5.41) is 1.51. The van der Waals surface area contributed by atoms with Gasteiger partial charge in [-0.05, 0) is 52.9 Å². The van der Waals surface area contributed by atoms with E-state index in [2.05, 4.69) is 4.98 Å². The minimum atomic E-state index is -0.375. The molecule has 0 saturated heterocycles. The van der Waals surface area contributed by atoms with Gasteiger partial charge in [0.25, 0.3) is 0 Å². The lowest BCUT2D eigenvalue weighted by atomic mass is 10.0. The summed E-state index contributed by atoms with van der Waals surface area (Å²) in [6.45, 7) is 0. The molecule has 106 valence electrons. The third kappa shape index (κ3) is 2.67. The maximum Gasteiger partial charge on any atom is 0.196 e. The SMILES string of the molecule is O=C(c1ccc(F)cc1I)c1c[nH]c2cc(Cl)cc(Cl)c12. The zero-order valence-corrected chi connectivity index (χ0v) is 14.1. The largest absolute Gasteiger partial charge is 0.360 e. The van der Waals surface area contributed by atoms with E-state index in [0.717, 1.165) is 0 Å². The van der Waals surface area contributed by atoms with Crippen molar-refractivity contribution in [2.75, 3.05) is 0 Å². The molecule has 0 fully saturated rings. The Morgan fingerprint density at radius 1 is 1.14 bits per heavy atom. The lowest BCUT2D eigenvalue weighted by Crippen LogP contribution is -2.03. The normalized spacial score (nSPS) is 11.0. The maximum absolute atomic E-state index is 13.2. The van der Waals surface area contributed by atoms with Crippen LogP contribution in [-0.2, 0) is 0 Å². The number of aromatic nitrogens is 1. The van der Waals surface area contributed by atoms with E-state index in [1.54, 1.807) is 18.3 Å². The van der Waals surface area contributed by atoms with E-state index in [1.165, 1.54) is 18.2 Å². The Labute approximate surface area is 143 Å². The lowest BCUT2D eigenvalue weighted by Gasteiger charge is -2.04. The van der Waals surface area contributed by atoms with Crippen molar-refractivity contribution >= 4 is 62.5 Å². The molecule has 1 aromatic heterocycles. The fourth-order valence-corrected chi connectivity index (χ4v) is 3.50. The average molecular weight is 434 g/mol. The van der Waals surface area contributed by atoms with Gasteiger partial charge < -0.3 is 4.98 Å². The highest BCUT2D eigenvalue weighted by atomic mass is 127. The van der Waals surface area contributed by atoms with Crippen molar-refractivity contribution in [1.82, 2.24) is 4.98 Å². The van der Waals surface area contributed by atoms with E-state index in [4.69, 9.17) is 23.2 Å². The molecule has 0 aliphatic rings. The molecule has 2 nitrogen and oxygen atoms in total. The first-order valence-electron chi connectivity index (χ1n) is 5.93. The molecule has 0 radical (unpaired) electrons. The first-order valence-corrected chi connectivity index (χ1v) is 7.76. The zero-order valence-electron chi connectivity index (χ0n) is 10.4. The van der Waals surface area contributed by atoms with Crippen molar-refractivity contribution in [1.29, 1.82) is 0 Å². The number of rotatable bonds is 2. The van der Waals surface area contributed by atoms with Crippen molar-refractivity contribution in [2.45, 2.75) is 0 Å². The number of carbonyl (C=O) groups is 1. The summed E-state index contributed by atoms with van der Waals surface area (Å²) in [7, 11) is 0. The number of halogens is 4. The van der Waals surface area contributed by atoms with Gasteiger partial charge in [-0.2, -0.15) is 0 Å². The first-order chi connectivity index (χ1) is 9.97. The molecule has 0 saturated carbocycles. The van der Waals surface area contributed by atoms with Gasteiger partial charge in [0, 0.05) is 36.8 Å². The van der Waals surface area contributed by atoms with E-state index in [-0.39, 0.29) is 11.6 Å². The smallest absolute Gasteiger partial charge is 0.196 e. The fourth-order valence-electron chi connectivity index (χ4n) is 2.18. The predicted molar refractivity (Wildman–Crippen MR) is 90.9 cm³/mol. The van der Waals surface area contributed by atoms with Crippen LogP contribution in [0.5, 0.6) is 0 Å². The Kier molecular flexibility index (Phi) is 3.94. The van der Waals surface area contributed by atoms with Gasteiger partial charge in [-0.15, -0.1) is 0 Å². The van der Waals surface area contributed by atoms with Crippen LogP contribution < -0.4 is 0 Å². The van der Waals surface area contributed by atoms with E-state index < -0.39 is 0 Å². The van der Waals surface area contributed by atoms with Crippen molar-refractivity contribution < 1.29 is 9.18 Å². The molecule has 0 atom stereocenters. The maximum atomic E-state index is 13.2. The number of ketones is 1. The molecule has 0 unspecified atom stereocenters. The van der Waals surface area contributed by atoms with Gasteiger partial charge in [0.2, 0.25) is 0 Å². The van der Waals surface area contributed by atoms with Crippen LogP contribution in [0.2, 0.25) is 10.0 Å². The third-order valence-corrected chi connectivity index (χ3v) is 4.53. The highest BCUT2D eigenvalue weighted by Crippen LogP contribution is 2.32. The average Bonchev–Trinajstić information content (AvgIpc) is 2.81. The zero-order chi connectivity index (χ0) is 15.1. The minimum Gasteiger partial charge on any atom is -0.360 e. The number of aromatic amines is 1. The Bertz CT molecular complexity index is 875. The molecular weight excluding hydrogens is 427 g/mol. The van der Waals surface area contributed by atoms with Crippen LogP contribution >= 0.6 is 45.8 Å². The quantitative estimate of drug-likeness (QED) is 0.423. The number of hydrogen-bond acceptors (Lipinski definition) is 1. The van der Waals surface area contributed by atoms with Gasteiger partial charge >= 0.3 is 0 Å². The number of H-pyrrole nitrogens is 1. The Morgan fingerprint density at radius 2 is 1.90 bits per heavy atom. The molecular formula is C15H7Cl2FINO. The summed E-state index contributed by atoms with van der Waals surface area (Å²) in [4.78, 5) is 15.6. The highest BCUT2D eigenvalue weighted by Gasteiger charge is 2.19. The van der Waals surface area contributed by atoms with Crippen LogP contribution in [-0.4, -0.2) is 10.8 Å². The Morgan fingerprint density at radius 3 is 2.62 bits per heavy atom. The molecule has 1 heterocycles. The number of nitrogens with one attached hydrogen (secondary N) is 1. The van der Waals surface area contributed by atoms with Crippen molar-refractivity contribution in [3.05, 3.63) is 67.1 Å². The van der Waals surface area contributed by atoms with Crippen LogP contribution in [0.3, 0.4) is 0 Å².